The summed E-state index contributed by atoms with van der Waals surface area (Å²) in [5.74, 6) is 3.98. The van der Waals surface area contributed by atoms with Gasteiger partial charge in [-0.2, -0.15) is 0 Å². The van der Waals surface area contributed by atoms with Crippen LogP contribution in [0.25, 0.3) is 55.0 Å². The van der Waals surface area contributed by atoms with Crippen LogP contribution >= 0.6 is 17.3 Å². The van der Waals surface area contributed by atoms with E-state index in [2.05, 4.69) is 41.5 Å². The molecule has 0 radical (unpaired) electrons. The molecule has 2 atom stereocenters. The average molecular weight is 787 g/mol. The minimum atomic E-state index is -0.352. The van der Waals surface area contributed by atoms with Crippen LogP contribution in [-0.2, 0) is 10.8 Å². The van der Waals surface area contributed by atoms with Crippen molar-refractivity contribution in [1.29, 1.82) is 0 Å². The lowest BCUT2D eigenvalue weighted by Crippen LogP contribution is -2.15. The van der Waals surface area contributed by atoms with E-state index in [4.69, 9.17) is 35.7 Å². The van der Waals surface area contributed by atoms with Crippen molar-refractivity contribution in [3.8, 4) is 45.6 Å². The average Bonchev–Trinajstić information content (AvgIpc) is 3.49. The molecule has 286 valence electrons. The quantitative estimate of drug-likeness (QED) is 0.158. The highest BCUT2D eigenvalue weighted by atomic mass is 31.1. The molecule has 0 spiro atoms. The smallest absolute Gasteiger partial charge is 0.201 e. The lowest BCUT2D eigenvalue weighted by atomic mass is 9.81. The van der Waals surface area contributed by atoms with Crippen molar-refractivity contribution in [2.75, 3.05) is 14.2 Å². The van der Waals surface area contributed by atoms with Crippen LogP contribution in [-0.4, -0.2) is 14.2 Å². The van der Waals surface area contributed by atoms with E-state index in [1.165, 1.54) is 0 Å². The molecule has 0 aliphatic rings. The number of para-hydroxylation sites is 2. The Bertz CT molecular complexity index is 2630. The number of hydrogen-bond donors (Lipinski definition) is 0. The van der Waals surface area contributed by atoms with Crippen LogP contribution in [0.15, 0.2) is 126 Å². The number of benzene rings is 6. The zero-order valence-corrected chi connectivity index (χ0v) is 34.7. The summed E-state index contributed by atoms with van der Waals surface area (Å²) in [5.41, 5.74) is 5.74. The van der Waals surface area contributed by atoms with Crippen LogP contribution in [0.4, 0.5) is 0 Å². The van der Waals surface area contributed by atoms with Crippen LogP contribution < -0.4 is 18.9 Å². The summed E-state index contributed by atoms with van der Waals surface area (Å²) in [7, 11) is 3.05. The molecule has 2 aromatic heterocycles. The van der Waals surface area contributed by atoms with Gasteiger partial charge in [-0.25, -0.2) is 0 Å². The molecule has 8 rings (SSSR count). The van der Waals surface area contributed by atoms with Gasteiger partial charge in [0.1, 0.15) is 56.8 Å². The van der Waals surface area contributed by atoms with Crippen molar-refractivity contribution in [2.24, 2.45) is 0 Å². The van der Waals surface area contributed by atoms with Crippen molar-refractivity contribution < 1.29 is 35.7 Å². The summed E-state index contributed by atoms with van der Waals surface area (Å²) >= 11 is 0. The molecular formula is C46H44O8P2. The Morgan fingerprint density at radius 3 is 1.16 bits per heavy atom. The van der Waals surface area contributed by atoms with Crippen LogP contribution in [0.3, 0.4) is 0 Å². The van der Waals surface area contributed by atoms with E-state index in [0.717, 1.165) is 66.1 Å². The molecule has 0 aliphatic carbocycles. The summed E-state index contributed by atoms with van der Waals surface area (Å²) in [5, 5.41) is 3.64. The molecule has 6 aromatic carbocycles. The summed E-state index contributed by atoms with van der Waals surface area (Å²) in [4.78, 5) is 0. The maximum atomic E-state index is 7.10. The summed E-state index contributed by atoms with van der Waals surface area (Å²) in [6, 6.07) is 35.8. The predicted molar refractivity (Wildman–Crippen MR) is 229 cm³/mol. The van der Waals surface area contributed by atoms with Gasteiger partial charge in [0.15, 0.2) is 0 Å². The zero-order chi connectivity index (χ0) is 39.2. The maximum absolute atomic E-state index is 7.10. The van der Waals surface area contributed by atoms with Gasteiger partial charge in [-0.15, -0.1) is 0 Å². The Balaban J connectivity index is 1.39. The predicted octanol–water partition coefficient (Wildman–Crippen LogP) is 14.8. The fourth-order valence-electron chi connectivity index (χ4n) is 6.93. The van der Waals surface area contributed by atoms with Gasteiger partial charge in [-0.3, -0.25) is 0 Å². The standard InChI is InChI=1S/C46H44O8P2/c1-45(2,3)37-25-29(47-7)23-35(43(37)49-27-17-19-41-33(21-27)31-13-9-11-15-39(31)51-55-53-41)36-24-30(48-8)26-38(46(4,5)6)44(36)50-28-18-20-42-34(22-28)32-14-10-12-16-40(32)52-56-54-42/h9-26,55-56H,1-8H3. The van der Waals surface area contributed by atoms with E-state index < -0.39 is 0 Å². The van der Waals surface area contributed by atoms with Gasteiger partial charge in [0, 0.05) is 43.8 Å². The fourth-order valence-corrected chi connectivity index (χ4v) is 8.09. The van der Waals surface area contributed by atoms with Gasteiger partial charge in [0.2, 0.25) is 17.3 Å². The number of fused-ring (bicyclic) bond motifs is 6. The second-order valence-corrected chi connectivity index (χ2v) is 16.8. The van der Waals surface area contributed by atoms with Crippen LogP contribution in [0.2, 0.25) is 0 Å². The molecule has 10 heteroatoms. The lowest BCUT2D eigenvalue weighted by molar-refractivity contribution is 0.405. The minimum Gasteiger partial charge on any atom is -0.497 e. The summed E-state index contributed by atoms with van der Waals surface area (Å²) < 4.78 is 50.1. The van der Waals surface area contributed by atoms with Crippen molar-refractivity contribution in [3.05, 3.63) is 120 Å². The Kier molecular flexibility index (Phi) is 9.82. The number of rotatable bonds is 7. The highest BCUT2D eigenvalue weighted by Gasteiger charge is 2.30. The second-order valence-electron chi connectivity index (χ2n) is 15.7. The molecule has 0 amide bonds. The van der Waals surface area contributed by atoms with E-state index in [9.17, 15) is 0 Å². The Morgan fingerprint density at radius 1 is 0.411 bits per heavy atom. The van der Waals surface area contributed by atoms with Gasteiger partial charge in [0.05, 0.1) is 14.2 Å². The van der Waals surface area contributed by atoms with Crippen LogP contribution in [0.5, 0.6) is 34.5 Å². The molecule has 0 saturated heterocycles. The largest absolute Gasteiger partial charge is 0.497 e. The highest BCUT2D eigenvalue weighted by molar-refractivity contribution is 7.15. The second kappa shape index (κ2) is 14.8. The van der Waals surface area contributed by atoms with E-state index in [1.54, 1.807) is 14.2 Å². The van der Waals surface area contributed by atoms with Gasteiger partial charge in [0.25, 0.3) is 0 Å². The third kappa shape index (κ3) is 7.23. The molecule has 0 bridgehead atoms. The summed E-state index contributed by atoms with van der Waals surface area (Å²) in [6.07, 6.45) is 0. The first-order valence-corrected chi connectivity index (χ1v) is 20.0. The van der Waals surface area contributed by atoms with Crippen molar-refractivity contribution in [1.82, 2.24) is 0 Å². The molecule has 8 aromatic rings. The van der Waals surface area contributed by atoms with Gasteiger partial charge in [-0.1, -0.05) is 77.9 Å². The Morgan fingerprint density at radius 2 is 0.786 bits per heavy atom. The maximum Gasteiger partial charge on any atom is 0.201 e. The number of hydrogen-bond acceptors (Lipinski definition) is 8. The topological polar surface area (TPSA) is 89.5 Å². The molecule has 2 unspecified atom stereocenters. The van der Waals surface area contributed by atoms with Gasteiger partial charge in [-0.05, 0) is 83.6 Å². The first kappa shape index (κ1) is 37.3. The molecule has 2 heterocycles. The first-order chi connectivity index (χ1) is 26.9. The summed E-state index contributed by atoms with van der Waals surface area (Å²) in [6.45, 7) is 13.0. The highest BCUT2D eigenvalue weighted by Crippen LogP contribution is 2.51. The van der Waals surface area contributed by atoms with E-state index in [1.807, 2.05) is 109 Å². The molecule has 0 saturated carbocycles. The van der Waals surface area contributed by atoms with Crippen molar-refractivity contribution in [2.45, 2.75) is 52.4 Å². The van der Waals surface area contributed by atoms with Gasteiger partial charge < -0.3 is 35.7 Å². The fraction of sp³-hybridized carbons (Fsp3) is 0.217. The van der Waals surface area contributed by atoms with Crippen molar-refractivity contribution in [3.63, 3.8) is 0 Å². The monoisotopic (exact) mass is 786 g/mol. The molecule has 8 nitrogen and oxygen atoms in total. The normalized spacial score (nSPS) is 12.2. The zero-order valence-electron chi connectivity index (χ0n) is 32.7. The van der Waals surface area contributed by atoms with E-state index in [-0.39, 0.29) is 28.2 Å². The van der Waals surface area contributed by atoms with E-state index in [0.29, 0.717) is 34.5 Å². The van der Waals surface area contributed by atoms with Crippen molar-refractivity contribution >= 4 is 61.2 Å². The Labute approximate surface area is 328 Å². The third-order valence-corrected chi connectivity index (χ3v) is 11.0. The van der Waals surface area contributed by atoms with Gasteiger partial charge >= 0.3 is 0 Å². The molecule has 0 fully saturated rings. The van der Waals surface area contributed by atoms with Crippen LogP contribution in [0, 0.1) is 0 Å². The minimum absolute atomic E-state index is 0.156. The number of ether oxygens (including phenoxy) is 4. The molecule has 0 N–H and O–H groups in total. The van der Waals surface area contributed by atoms with Crippen LogP contribution in [0.1, 0.15) is 52.7 Å². The first-order valence-electron chi connectivity index (χ1n) is 18.4. The number of methoxy groups -OCH3 is 2. The molecule has 0 aliphatic heterocycles. The SMILES string of the molecule is COc1cc(-c2cc(OC)cc(C(C)(C)C)c2Oc2ccc3o[pH]oc4ccccc4c3c2)c(Oc2ccc3o[pH]oc4ccccc4c3c2)c(C(C)(C)C)c1. The molecular weight excluding hydrogens is 742 g/mol. The van der Waals surface area contributed by atoms with E-state index >= 15 is 0 Å². The lowest BCUT2D eigenvalue weighted by Gasteiger charge is -2.29. The Hall–Kier alpha value is -5.68. The molecule has 56 heavy (non-hydrogen) atoms. The third-order valence-electron chi connectivity index (χ3n) is 9.81.